The van der Waals surface area contributed by atoms with Gasteiger partial charge in [0.25, 0.3) is 5.91 Å². The van der Waals surface area contributed by atoms with Crippen LogP contribution >= 0.6 is 15.9 Å². The highest BCUT2D eigenvalue weighted by Gasteiger charge is 2.30. The van der Waals surface area contributed by atoms with Gasteiger partial charge in [0.05, 0.1) is 30.5 Å². The molecule has 10 nitrogen and oxygen atoms in total. The molecule has 0 heterocycles. The first-order valence-electron chi connectivity index (χ1n) is 11.7. The summed E-state index contributed by atoms with van der Waals surface area (Å²) < 4.78 is 54.9. The minimum atomic E-state index is -4.55. The number of carbonyl (C=O) groups excluding carboxylic acids is 3. The van der Waals surface area contributed by atoms with Crippen molar-refractivity contribution < 1.29 is 41.8 Å². The van der Waals surface area contributed by atoms with Gasteiger partial charge in [-0.2, -0.15) is 18.3 Å². The average molecular weight is 637 g/mol. The third-order valence-corrected chi connectivity index (χ3v) is 5.86. The number of benzene rings is 3. The number of nitrogens with zero attached hydrogens (tertiary/aromatic N) is 1. The number of ether oxygens (including phenoxy) is 3. The molecular formula is C27H24BrF3N4O6. The number of hydrazone groups is 1. The van der Waals surface area contributed by atoms with Crippen molar-refractivity contribution in [3.63, 3.8) is 0 Å². The first-order valence-corrected chi connectivity index (χ1v) is 12.5. The molecule has 0 bridgehead atoms. The normalized spacial score (nSPS) is 11.1. The first kappa shape index (κ1) is 30.9. The van der Waals surface area contributed by atoms with Gasteiger partial charge in [-0.25, -0.2) is 5.43 Å². The maximum Gasteiger partial charge on any atom is 0.416 e. The molecule has 216 valence electrons. The second kappa shape index (κ2) is 14.2. The van der Waals surface area contributed by atoms with Crippen molar-refractivity contribution >= 4 is 45.6 Å². The Bertz CT molecular complexity index is 1430. The number of carbonyl (C=O) groups is 3. The van der Waals surface area contributed by atoms with Gasteiger partial charge in [-0.3, -0.25) is 14.4 Å². The van der Waals surface area contributed by atoms with Gasteiger partial charge in [0, 0.05) is 12.2 Å². The lowest BCUT2D eigenvalue weighted by molar-refractivity contribution is -0.139. The van der Waals surface area contributed by atoms with E-state index in [9.17, 15) is 27.6 Å². The Morgan fingerprint density at radius 2 is 1.71 bits per heavy atom. The number of hydrogen-bond acceptors (Lipinski definition) is 7. The Hall–Kier alpha value is -4.59. The summed E-state index contributed by atoms with van der Waals surface area (Å²) in [5, 5.41) is 8.59. The fraction of sp³-hybridized carbons (Fsp3) is 0.185. The van der Waals surface area contributed by atoms with E-state index >= 15 is 0 Å². The van der Waals surface area contributed by atoms with Gasteiger partial charge in [0.2, 0.25) is 0 Å². The zero-order chi connectivity index (χ0) is 30.0. The molecule has 14 heteroatoms. The van der Waals surface area contributed by atoms with Crippen molar-refractivity contribution in [3.8, 4) is 17.2 Å². The largest absolute Gasteiger partial charge is 0.497 e. The topological polar surface area (TPSA) is 127 Å². The lowest BCUT2D eigenvalue weighted by Crippen LogP contribution is -2.37. The SMILES string of the molecule is COc1ccc(CNC(=O)C(=O)N/N=C\c2cc(Br)c(OCC(=O)Nc3cccc(C(F)(F)F)c3)c(OC)c2)cc1. The van der Waals surface area contributed by atoms with Gasteiger partial charge in [-0.15, -0.1) is 0 Å². The van der Waals surface area contributed by atoms with E-state index in [1.807, 2.05) is 0 Å². The molecule has 0 radical (unpaired) electrons. The average Bonchev–Trinajstić information content (AvgIpc) is 2.94. The Balaban J connectivity index is 1.54. The summed E-state index contributed by atoms with van der Waals surface area (Å²) in [5.41, 5.74) is 2.39. The van der Waals surface area contributed by atoms with E-state index in [1.54, 1.807) is 30.3 Å². The molecule has 0 saturated heterocycles. The van der Waals surface area contributed by atoms with Crippen LogP contribution in [0, 0.1) is 0 Å². The summed E-state index contributed by atoms with van der Waals surface area (Å²) in [7, 11) is 2.89. The minimum absolute atomic E-state index is 0.0394. The molecule has 3 aromatic carbocycles. The lowest BCUT2D eigenvalue weighted by atomic mass is 10.2. The molecule has 3 N–H and O–H groups in total. The van der Waals surface area contributed by atoms with Crippen molar-refractivity contribution in [2.45, 2.75) is 12.7 Å². The summed E-state index contributed by atoms with van der Waals surface area (Å²) in [6.45, 7) is -0.399. The molecule has 0 atom stereocenters. The van der Waals surface area contributed by atoms with Crippen LogP contribution in [0.5, 0.6) is 17.2 Å². The van der Waals surface area contributed by atoms with Crippen LogP contribution in [0.4, 0.5) is 18.9 Å². The van der Waals surface area contributed by atoms with Crippen molar-refractivity contribution in [2.24, 2.45) is 5.10 Å². The molecule has 41 heavy (non-hydrogen) atoms. The third kappa shape index (κ3) is 9.24. The minimum Gasteiger partial charge on any atom is -0.497 e. The Morgan fingerprint density at radius 1 is 0.976 bits per heavy atom. The summed E-state index contributed by atoms with van der Waals surface area (Å²) in [4.78, 5) is 36.3. The number of hydrogen-bond donors (Lipinski definition) is 3. The van der Waals surface area contributed by atoms with Crippen LogP contribution in [0.25, 0.3) is 0 Å². The second-order valence-electron chi connectivity index (χ2n) is 8.18. The van der Waals surface area contributed by atoms with Crippen LogP contribution in [0.3, 0.4) is 0 Å². The zero-order valence-corrected chi connectivity index (χ0v) is 23.3. The zero-order valence-electron chi connectivity index (χ0n) is 21.7. The van der Waals surface area contributed by atoms with Crippen molar-refractivity contribution in [2.75, 3.05) is 26.1 Å². The van der Waals surface area contributed by atoms with E-state index < -0.39 is 36.1 Å². The van der Waals surface area contributed by atoms with Gasteiger partial charge in [0.15, 0.2) is 18.1 Å². The number of amides is 3. The van der Waals surface area contributed by atoms with Gasteiger partial charge in [-0.1, -0.05) is 18.2 Å². The summed E-state index contributed by atoms with van der Waals surface area (Å²) >= 11 is 3.30. The van der Waals surface area contributed by atoms with E-state index in [4.69, 9.17) is 14.2 Å². The number of anilines is 1. The number of alkyl halides is 3. The summed E-state index contributed by atoms with van der Waals surface area (Å²) in [6.07, 6.45) is -3.29. The fourth-order valence-electron chi connectivity index (χ4n) is 3.28. The molecule has 0 aliphatic carbocycles. The third-order valence-electron chi connectivity index (χ3n) is 5.27. The van der Waals surface area contributed by atoms with Crippen molar-refractivity contribution in [3.05, 3.63) is 81.8 Å². The summed E-state index contributed by atoms with van der Waals surface area (Å²) in [5.74, 6) is -1.56. The molecule has 0 spiro atoms. The molecule has 0 aliphatic heterocycles. The van der Waals surface area contributed by atoms with E-state index in [1.165, 1.54) is 38.6 Å². The highest BCUT2D eigenvalue weighted by atomic mass is 79.9. The van der Waals surface area contributed by atoms with E-state index in [2.05, 4.69) is 37.1 Å². The molecule has 0 aliphatic rings. The van der Waals surface area contributed by atoms with E-state index in [0.717, 1.165) is 17.7 Å². The standard InChI is InChI=1S/C27H24BrF3N4O6/c1-39-20-8-6-16(7-9-20)13-32-25(37)26(38)35-33-14-17-10-21(28)24(22(11-17)40-2)41-15-23(36)34-19-5-3-4-18(12-19)27(29,30)31/h3-12,14H,13,15H2,1-2H3,(H,32,37)(H,34,36)(H,35,38)/b33-14-. The quantitative estimate of drug-likeness (QED) is 0.173. The molecular weight excluding hydrogens is 613 g/mol. The smallest absolute Gasteiger partial charge is 0.416 e. The maximum absolute atomic E-state index is 12.9. The molecule has 3 amide bonds. The molecule has 0 saturated carbocycles. The predicted octanol–water partition coefficient (Wildman–Crippen LogP) is 4.27. The second-order valence-corrected chi connectivity index (χ2v) is 9.03. The molecule has 0 fully saturated rings. The molecule has 0 unspecified atom stereocenters. The Morgan fingerprint density at radius 3 is 2.37 bits per heavy atom. The maximum atomic E-state index is 12.9. The van der Waals surface area contributed by atoms with Crippen molar-refractivity contribution in [1.29, 1.82) is 0 Å². The lowest BCUT2D eigenvalue weighted by Gasteiger charge is -2.14. The van der Waals surface area contributed by atoms with Gasteiger partial charge in [0.1, 0.15) is 5.75 Å². The molecule has 3 aromatic rings. The van der Waals surface area contributed by atoms with Crippen LogP contribution in [-0.4, -0.2) is 44.8 Å². The monoisotopic (exact) mass is 636 g/mol. The number of nitrogens with one attached hydrogen (secondary N) is 3. The van der Waals surface area contributed by atoms with Crippen molar-refractivity contribution in [1.82, 2.24) is 10.7 Å². The number of methoxy groups -OCH3 is 2. The van der Waals surface area contributed by atoms with E-state index in [-0.39, 0.29) is 23.7 Å². The Kier molecular flexibility index (Phi) is 10.7. The first-order chi connectivity index (χ1) is 19.5. The van der Waals surface area contributed by atoms with Gasteiger partial charge < -0.3 is 24.8 Å². The number of rotatable bonds is 10. The predicted molar refractivity (Wildman–Crippen MR) is 147 cm³/mol. The number of halogens is 4. The van der Waals surface area contributed by atoms with Crippen LogP contribution in [-0.2, 0) is 27.1 Å². The Labute approximate surface area is 241 Å². The highest BCUT2D eigenvalue weighted by Crippen LogP contribution is 2.36. The highest BCUT2D eigenvalue weighted by molar-refractivity contribution is 9.10. The molecule has 0 aromatic heterocycles. The van der Waals surface area contributed by atoms with E-state index in [0.29, 0.717) is 15.8 Å². The van der Waals surface area contributed by atoms with Crippen LogP contribution in [0.2, 0.25) is 0 Å². The van der Waals surface area contributed by atoms with Crippen LogP contribution in [0.1, 0.15) is 16.7 Å². The summed E-state index contributed by atoms with van der Waals surface area (Å²) in [6, 6.07) is 14.2. The van der Waals surface area contributed by atoms with Crippen LogP contribution in [0.15, 0.2) is 70.2 Å². The van der Waals surface area contributed by atoms with Gasteiger partial charge >= 0.3 is 18.0 Å². The fourth-order valence-corrected chi connectivity index (χ4v) is 3.86. The molecule has 3 rings (SSSR count). The van der Waals surface area contributed by atoms with Crippen LogP contribution < -0.4 is 30.3 Å². The van der Waals surface area contributed by atoms with Gasteiger partial charge in [-0.05, 0) is 69.5 Å².